The quantitative estimate of drug-likeness (QED) is 0.739. The largest absolute Gasteiger partial charge is 0.494 e. The average Bonchev–Trinajstić information content (AvgIpc) is 2.45. The minimum atomic E-state index is 0.692. The van der Waals surface area contributed by atoms with E-state index in [1.54, 1.807) is 0 Å². The van der Waals surface area contributed by atoms with Gasteiger partial charge in [0.15, 0.2) is 0 Å². The predicted octanol–water partition coefficient (Wildman–Crippen LogP) is 3.95. The summed E-state index contributed by atoms with van der Waals surface area (Å²) < 4.78 is 5.61. The highest BCUT2D eigenvalue weighted by molar-refractivity contribution is 5.77. The first-order valence-electron chi connectivity index (χ1n) is 6.12. The maximum atomic E-state index is 10.6. The van der Waals surface area contributed by atoms with Gasteiger partial charge in [-0.1, -0.05) is 43.3 Å². The Morgan fingerprint density at radius 3 is 2.50 bits per heavy atom. The lowest BCUT2D eigenvalue weighted by Crippen LogP contribution is -1.94. The highest BCUT2D eigenvalue weighted by atomic mass is 16.5. The molecular weight excluding hydrogens is 224 g/mol. The number of hydrogen-bond donors (Lipinski definition) is 0. The second-order valence-electron chi connectivity index (χ2n) is 4.12. The molecule has 2 aromatic carbocycles. The maximum Gasteiger partial charge on any atom is 0.150 e. The number of aldehydes is 1. The van der Waals surface area contributed by atoms with Gasteiger partial charge in [0.05, 0.1) is 6.61 Å². The third-order valence-corrected chi connectivity index (χ3v) is 2.69. The molecular formula is C16H16O2. The standard InChI is InChI=1S/C16H16O2/c1-2-10-18-16-5-3-4-15(11-16)14-8-6-13(12-17)7-9-14/h3-9,11-12H,2,10H2,1H3. The van der Waals surface area contributed by atoms with Gasteiger partial charge in [0.2, 0.25) is 0 Å². The Labute approximate surface area is 107 Å². The van der Waals surface area contributed by atoms with Crippen molar-refractivity contribution in [3.63, 3.8) is 0 Å². The van der Waals surface area contributed by atoms with Gasteiger partial charge in [-0.05, 0) is 29.7 Å². The van der Waals surface area contributed by atoms with Crippen molar-refractivity contribution in [3.05, 3.63) is 54.1 Å². The van der Waals surface area contributed by atoms with E-state index in [1.807, 2.05) is 48.5 Å². The molecule has 0 atom stereocenters. The molecule has 0 saturated carbocycles. The van der Waals surface area contributed by atoms with Crippen LogP contribution in [0.3, 0.4) is 0 Å². The molecule has 0 aliphatic rings. The molecule has 0 unspecified atom stereocenters. The average molecular weight is 240 g/mol. The van der Waals surface area contributed by atoms with Crippen molar-refractivity contribution in [3.8, 4) is 16.9 Å². The van der Waals surface area contributed by atoms with Crippen LogP contribution in [0, 0.1) is 0 Å². The van der Waals surface area contributed by atoms with E-state index in [-0.39, 0.29) is 0 Å². The molecule has 0 saturated heterocycles. The minimum Gasteiger partial charge on any atom is -0.494 e. The van der Waals surface area contributed by atoms with Gasteiger partial charge < -0.3 is 4.74 Å². The lowest BCUT2D eigenvalue weighted by molar-refractivity contribution is 0.112. The SMILES string of the molecule is CCCOc1cccc(-c2ccc(C=O)cc2)c1. The van der Waals surface area contributed by atoms with E-state index < -0.39 is 0 Å². The summed E-state index contributed by atoms with van der Waals surface area (Å²) in [4.78, 5) is 10.6. The molecule has 0 aliphatic heterocycles. The summed E-state index contributed by atoms with van der Waals surface area (Å²) in [7, 11) is 0. The molecule has 2 aromatic rings. The summed E-state index contributed by atoms with van der Waals surface area (Å²) in [6.45, 7) is 2.82. The van der Waals surface area contributed by atoms with Crippen LogP contribution in [0.15, 0.2) is 48.5 Å². The van der Waals surface area contributed by atoms with Gasteiger partial charge in [-0.25, -0.2) is 0 Å². The maximum absolute atomic E-state index is 10.6. The van der Waals surface area contributed by atoms with Crippen LogP contribution in [0.2, 0.25) is 0 Å². The van der Waals surface area contributed by atoms with E-state index in [0.29, 0.717) is 5.56 Å². The summed E-state index contributed by atoms with van der Waals surface area (Å²) in [6.07, 6.45) is 1.85. The van der Waals surface area contributed by atoms with Crippen LogP contribution >= 0.6 is 0 Å². The molecule has 92 valence electrons. The zero-order valence-corrected chi connectivity index (χ0v) is 10.4. The third kappa shape index (κ3) is 2.98. The summed E-state index contributed by atoms with van der Waals surface area (Å²) in [5, 5.41) is 0. The van der Waals surface area contributed by atoms with E-state index in [4.69, 9.17) is 4.74 Å². The highest BCUT2D eigenvalue weighted by Gasteiger charge is 2.00. The predicted molar refractivity (Wildman–Crippen MR) is 73.1 cm³/mol. The van der Waals surface area contributed by atoms with Gasteiger partial charge >= 0.3 is 0 Å². The first-order valence-corrected chi connectivity index (χ1v) is 6.12. The molecule has 0 aromatic heterocycles. The number of benzene rings is 2. The van der Waals surface area contributed by atoms with Gasteiger partial charge in [-0.2, -0.15) is 0 Å². The topological polar surface area (TPSA) is 26.3 Å². The molecule has 0 fully saturated rings. The first-order chi connectivity index (χ1) is 8.83. The van der Waals surface area contributed by atoms with Gasteiger partial charge in [0.1, 0.15) is 12.0 Å². The molecule has 2 heteroatoms. The Kier molecular flexibility index (Phi) is 4.13. The normalized spacial score (nSPS) is 10.1. The van der Waals surface area contributed by atoms with E-state index in [2.05, 4.69) is 6.92 Å². The molecule has 0 amide bonds. The van der Waals surface area contributed by atoms with Crippen molar-refractivity contribution in [2.24, 2.45) is 0 Å². The highest BCUT2D eigenvalue weighted by Crippen LogP contribution is 2.24. The van der Waals surface area contributed by atoms with Gasteiger partial charge in [0, 0.05) is 5.56 Å². The Morgan fingerprint density at radius 2 is 1.83 bits per heavy atom. The second kappa shape index (κ2) is 6.01. The lowest BCUT2D eigenvalue weighted by Gasteiger charge is -2.07. The Morgan fingerprint density at radius 1 is 1.06 bits per heavy atom. The van der Waals surface area contributed by atoms with Crippen LogP contribution in [-0.2, 0) is 0 Å². The van der Waals surface area contributed by atoms with E-state index in [1.165, 1.54) is 0 Å². The van der Waals surface area contributed by atoms with Crippen molar-refractivity contribution in [2.75, 3.05) is 6.61 Å². The molecule has 2 nitrogen and oxygen atoms in total. The summed E-state index contributed by atoms with van der Waals surface area (Å²) in [6, 6.07) is 15.5. The van der Waals surface area contributed by atoms with Gasteiger partial charge in [-0.15, -0.1) is 0 Å². The summed E-state index contributed by atoms with van der Waals surface area (Å²) in [5.41, 5.74) is 2.88. The van der Waals surface area contributed by atoms with E-state index in [0.717, 1.165) is 36.2 Å². The van der Waals surface area contributed by atoms with Crippen LogP contribution in [0.1, 0.15) is 23.7 Å². The molecule has 0 N–H and O–H groups in total. The van der Waals surface area contributed by atoms with Crippen LogP contribution in [0.25, 0.3) is 11.1 Å². The molecule has 0 bridgehead atoms. The zero-order chi connectivity index (χ0) is 12.8. The second-order valence-corrected chi connectivity index (χ2v) is 4.12. The van der Waals surface area contributed by atoms with Gasteiger partial charge in [0.25, 0.3) is 0 Å². The van der Waals surface area contributed by atoms with Crippen LogP contribution in [-0.4, -0.2) is 12.9 Å². The Balaban J connectivity index is 2.23. The molecule has 2 rings (SSSR count). The fraction of sp³-hybridized carbons (Fsp3) is 0.188. The molecule has 0 heterocycles. The van der Waals surface area contributed by atoms with Crippen molar-refractivity contribution in [1.29, 1.82) is 0 Å². The number of carbonyl (C=O) groups excluding carboxylic acids is 1. The van der Waals surface area contributed by atoms with Crippen molar-refractivity contribution in [2.45, 2.75) is 13.3 Å². The zero-order valence-electron chi connectivity index (χ0n) is 10.4. The minimum absolute atomic E-state index is 0.692. The molecule has 0 spiro atoms. The molecule has 18 heavy (non-hydrogen) atoms. The number of hydrogen-bond acceptors (Lipinski definition) is 2. The third-order valence-electron chi connectivity index (χ3n) is 2.69. The van der Waals surface area contributed by atoms with E-state index >= 15 is 0 Å². The monoisotopic (exact) mass is 240 g/mol. The van der Waals surface area contributed by atoms with Crippen LogP contribution in [0.4, 0.5) is 0 Å². The number of carbonyl (C=O) groups is 1. The van der Waals surface area contributed by atoms with Crippen molar-refractivity contribution >= 4 is 6.29 Å². The van der Waals surface area contributed by atoms with Gasteiger partial charge in [-0.3, -0.25) is 4.79 Å². The first kappa shape index (κ1) is 12.4. The molecule has 0 aliphatic carbocycles. The fourth-order valence-corrected chi connectivity index (χ4v) is 1.74. The lowest BCUT2D eigenvalue weighted by atomic mass is 10.0. The fourth-order valence-electron chi connectivity index (χ4n) is 1.74. The number of ether oxygens (including phenoxy) is 1. The van der Waals surface area contributed by atoms with Crippen molar-refractivity contribution < 1.29 is 9.53 Å². The van der Waals surface area contributed by atoms with Crippen LogP contribution in [0.5, 0.6) is 5.75 Å². The summed E-state index contributed by atoms with van der Waals surface area (Å²) in [5.74, 6) is 0.883. The smallest absolute Gasteiger partial charge is 0.150 e. The number of rotatable bonds is 5. The summed E-state index contributed by atoms with van der Waals surface area (Å²) >= 11 is 0. The Hall–Kier alpha value is -2.09. The van der Waals surface area contributed by atoms with Crippen molar-refractivity contribution in [1.82, 2.24) is 0 Å². The molecule has 0 radical (unpaired) electrons. The van der Waals surface area contributed by atoms with E-state index in [9.17, 15) is 4.79 Å². The van der Waals surface area contributed by atoms with Crippen LogP contribution < -0.4 is 4.74 Å². The Bertz CT molecular complexity index is 515.